The number of hydrogen-bond acceptors (Lipinski definition) is 2. The van der Waals surface area contributed by atoms with Crippen molar-refractivity contribution in [1.29, 1.82) is 0 Å². The first kappa shape index (κ1) is 13.4. The van der Waals surface area contributed by atoms with Crippen LogP contribution in [0.25, 0.3) is 0 Å². The zero-order valence-corrected chi connectivity index (χ0v) is 11.5. The quantitative estimate of drug-likeness (QED) is 0.750. The zero-order chi connectivity index (χ0) is 13.0. The van der Waals surface area contributed by atoms with Gasteiger partial charge in [0.2, 0.25) is 0 Å². The van der Waals surface area contributed by atoms with E-state index in [9.17, 15) is 4.79 Å². The number of rotatable bonds is 4. The summed E-state index contributed by atoms with van der Waals surface area (Å²) in [5, 5.41) is 0.548. The van der Waals surface area contributed by atoms with Crippen LogP contribution in [-0.2, 0) is 0 Å². The minimum Gasteiger partial charge on any atom is -0.495 e. The molecule has 0 heterocycles. The number of ether oxygens (including phenoxy) is 1. The van der Waals surface area contributed by atoms with Crippen LogP contribution in [0.2, 0.25) is 5.02 Å². The van der Waals surface area contributed by atoms with Crippen molar-refractivity contribution in [2.75, 3.05) is 7.11 Å². The average Bonchev–Trinajstić information content (AvgIpc) is 2.40. The number of methoxy groups -OCH3 is 1. The monoisotopic (exact) mass is 266 g/mol. The van der Waals surface area contributed by atoms with Crippen molar-refractivity contribution in [1.82, 2.24) is 0 Å². The molecule has 1 aliphatic rings. The maximum Gasteiger partial charge on any atom is 0.163 e. The number of hydrogen-bond donors (Lipinski definition) is 0. The fraction of sp³-hybridized carbons (Fsp3) is 0.533. The minimum absolute atomic E-state index is 0.205. The average molecular weight is 267 g/mol. The first-order valence-corrected chi connectivity index (χ1v) is 6.95. The molecule has 1 fully saturated rings. The van der Waals surface area contributed by atoms with Gasteiger partial charge in [0.05, 0.1) is 12.1 Å². The lowest BCUT2D eigenvalue weighted by molar-refractivity contribution is 0.0950. The maximum atomic E-state index is 12.2. The number of benzene rings is 1. The summed E-state index contributed by atoms with van der Waals surface area (Å²) in [5.41, 5.74) is 0.710. The standard InChI is InChI=1S/C15H19ClO2/c1-18-15-10-12(7-8-13(15)16)14(17)9-11-5-3-2-4-6-11/h7-8,10-11H,2-6,9H2,1H3. The van der Waals surface area contributed by atoms with Crippen molar-refractivity contribution in [3.8, 4) is 5.75 Å². The van der Waals surface area contributed by atoms with Gasteiger partial charge in [0, 0.05) is 12.0 Å². The molecule has 0 saturated heterocycles. The molecule has 98 valence electrons. The Morgan fingerprint density at radius 1 is 1.33 bits per heavy atom. The van der Waals surface area contributed by atoms with E-state index in [-0.39, 0.29) is 5.78 Å². The van der Waals surface area contributed by atoms with Gasteiger partial charge in [-0.1, -0.05) is 43.7 Å². The molecule has 0 N–H and O–H groups in total. The van der Waals surface area contributed by atoms with Crippen LogP contribution in [0, 0.1) is 5.92 Å². The van der Waals surface area contributed by atoms with Gasteiger partial charge in [0.15, 0.2) is 5.78 Å². The molecule has 1 aromatic carbocycles. The Bertz CT molecular complexity index is 423. The van der Waals surface area contributed by atoms with Crippen LogP contribution in [0.15, 0.2) is 18.2 Å². The predicted octanol–water partition coefficient (Wildman–Crippen LogP) is 4.50. The molecule has 0 aliphatic heterocycles. The highest BCUT2D eigenvalue weighted by molar-refractivity contribution is 6.32. The smallest absolute Gasteiger partial charge is 0.163 e. The highest BCUT2D eigenvalue weighted by atomic mass is 35.5. The van der Waals surface area contributed by atoms with Gasteiger partial charge >= 0.3 is 0 Å². The first-order chi connectivity index (χ1) is 8.70. The van der Waals surface area contributed by atoms with Crippen LogP contribution >= 0.6 is 11.6 Å². The lowest BCUT2D eigenvalue weighted by Crippen LogP contribution is -2.12. The molecule has 3 heteroatoms. The topological polar surface area (TPSA) is 26.3 Å². The summed E-state index contributed by atoms with van der Waals surface area (Å²) in [6.45, 7) is 0. The van der Waals surface area contributed by atoms with Gasteiger partial charge in [-0.25, -0.2) is 0 Å². The predicted molar refractivity (Wildman–Crippen MR) is 73.5 cm³/mol. The van der Waals surface area contributed by atoms with Gasteiger partial charge in [-0.15, -0.1) is 0 Å². The Morgan fingerprint density at radius 3 is 2.72 bits per heavy atom. The summed E-state index contributed by atoms with van der Waals surface area (Å²) in [6.07, 6.45) is 6.89. The third kappa shape index (κ3) is 3.26. The van der Waals surface area contributed by atoms with E-state index in [2.05, 4.69) is 0 Å². The van der Waals surface area contributed by atoms with Gasteiger partial charge in [-0.3, -0.25) is 4.79 Å². The highest BCUT2D eigenvalue weighted by Gasteiger charge is 2.18. The van der Waals surface area contributed by atoms with Gasteiger partial charge in [-0.05, 0) is 24.1 Å². The molecule has 0 spiro atoms. The number of ketones is 1. The Labute approximate surface area is 113 Å². The molecule has 1 aromatic rings. The van der Waals surface area contributed by atoms with Crippen LogP contribution in [0.4, 0.5) is 0 Å². The van der Waals surface area contributed by atoms with Crippen LogP contribution in [-0.4, -0.2) is 12.9 Å². The van der Waals surface area contributed by atoms with Crippen molar-refractivity contribution >= 4 is 17.4 Å². The van der Waals surface area contributed by atoms with E-state index < -0.39 is 0 Å². The molecule has 0 unspecified atom stereocenters. The van der Waals surface area contributed by atoms with Crippen LogP contribution in [0.1, 0.15) is 48.9 Å². The number of carbonyl (C=O) groups is 1. The molecule has 1 saturated carbocycles. The van der Waals surface area contributed by atoms with Gasteiger partial charge in [-0.2, -0.15) is 0 Å². The minimum atomic E-state index is 0.205. The van der Waals surface area contributed by atoms with Crippen LogP contribution in [0.5, 0.6) is 5.75 Å². The van der Waals surface area contributed by atoms with Gasteiger partial charge < -0.3 is 4.74 Å². The number of halogens is 1. The molecule has 0 bridgehead atoms. The molecule has 0 radical (unpaired) electrons. The Hall–Kier alpha value is -1.02. The van der Waals surface area contributed by atoms with Crippen LogP contribution < -0.4 is 4.74 Å². The molecule has 0 atom stereocenters. The summed E-state index contributed by atoms with van der Waals surface area (Å²) in [5.74, 6) is 1.34. The second kappa shape index (κ2) is 6.24. The summed E-state index contributed by atoms with van der Waals surface area (Å²) in [6, 6.07) is 5.26. The summed E-state index contributed by atoms with van der Waals surface area (Å²) >= 11 is 5.96. The van der Waals surface area contributed by atoms with Crippen molar-refractivity contribution in [2.45, 2.75) is 38.5 Å². The third-order valence-electron chi connectivity index (χ3n) is 3.67. The SMILES string of the molecule is COc1cc(C(=O)CC2CCCCC2)ccc1Cl. The molecule has 2 nitrogen and oxygen atoms in total. The molecule has 18 heavy (non-hydrogen) atoms. The van der Waals surface area contributed by atoms with E-state index in [4.69, 9.17) is 16.3 Å². The fourth-order valence-electron chi connectivity index (χ4n) is 2.60. The Balaban J connectivity index is 2.03. The lowest BCUT2D eigenvalue weighted by atomic mass is 9.85. The zero-order valence-electron chi connectivity index (χ0n) is 10.7. The largest absolute Gasteiger partial charge is 0.495 e. The first-order valence-electron chi connectivity index (χ1n) is 6.57. The van der Waals surface area contributed by atoms with Crippen molar-refractivity contribution in [3.63, 3.8) is 0 Å². The van der Waals surface area contributed by atoms with Crippen molar-refractivity contribution in [2.24, 2.45) is 5.92 Å². The lowest BCUT2D eigenvalue weighted by Gasteiger charge is -2.20. The number of Topliss-reactive ketones (excluding diaryl/α,β-unsaturated/α-hetero) is 1. The molecule has 1 aliphatic carbocycles. The van der Waals surface area contributed by atoms with Crippen molar-refractivity contribution < 1.29 is 9.53 Å². The van der Waals surface area contributed by atoms with E-state index in [0.29, 0.717) is 28.7 Å². The number of carbonyl (C=O) groups excluding carboxylic acids is 1. The summed E-state index contributed by atoms with van der Waals surface area (Å²) in [7, 11) is 1.57. The maximum absolute atomic E-state index is 12.2. The summed E-state index contributed by atoms with van der Waals surface area (Å²) < 4.78 is 5.14. The van der Waals surface area contributed by atoms with E-state index in [1.807, 2.05) is 0 Å². The molecule has 0 amide bonds. The van der Waals surface area contributed by atoms with E-state index in [1.165, 1.54) is 32.1 Å². The molecule has 2 rings (SSSR count). The van der Waals surface area contributed by atoms with E-state index >= 15 is 0 Å². The molecular formula is C15H19ClO2. The van der Waals surface area contributed by atoms with Crippen LogP contribution in [0.3, 0.4) is 0 Å². The van der Waals surface area contributed by atoms with Gasteiger partial charge in [0.1, 0.15) is 5.75 Å². The fourth-order valence-corrected chi connectivity index (χ4v) is 2.80. The second-order valence-electron chi connectivity index (χ2n) is 4.98. The molecular weight excluding hydrogens is 248 g/mol. The third-order valence-corrected chi connectivity index (χ3v) is 3.98. The Morgan fingerprint density at radius 2 is 2.06 bits per heavy atom. The Kier molecular flexibility index (Phi) is 4.65. The van der Waals surface area contributed by atoms with Crippen molar-refractivity contribution in [3.05, 3.63) is 28.8 Å². The second-order valence-corrected chi connectivity index (χ2v) is 5.39. The van der Waals surface area contributed by atoms with E-state index in [1.54, 1.807) is 25.3 Å². The van der Waals surface area contributed by atoms with E-state index in [0.717, 1.165) is 0 Å². The summed E-state index contributed by atoms with van der Waals surface area (Å²) in [4.78, 5) is 12.2. The van der Waals surface area contributed by atoms with Gasteiger partial charge in [0.25, 0.3) is 0 Å². The highest BCUT2D eigenvalue weighted by Crippen LogP contribution is 2.29. The molecule has 0 aromatic heterocycles. The normalized spacial score (nSPS) is 16.6.